The van der Waals surface area contributed by atoms with Gasteiger partial charge in [-0.2, -0.15) is 0 Å². The molecule has 19 heavy (non-hydrogen) atoms. The standard InChI is InChI=1S/C15H22N2O2/c1-4-11(5-2)17(3)14-12(15(18)19)9-10-7-6-8-13(10)16-14/h9,11H,4-8H2,1-3H3,(H,18,19). The number of fused-ring (bicyclic) bond motifs is 1. The number of nitrogens with zero attached hydrogens (tertiary/aromatic N) is 2. The van der Waals surface area contributed by atoms with Gasteiger partial charge in [-0.05, 0) is 43.7 Å². The summed E-state index contributed by atoms with van der Waals surface area (Å²) in [6, 6.07) is 2.16. The Kier molecular flexibility index (Phi) is 4.08. The molecule has 4 heteroatoms. The highest BCUT2D eigenvalue weighted by Gasteiger charge is 2.24. The third-order valence-electron chi connectivity index (χ3n) is 4.09. The monoisotopic (exact) mass is 262 g/mol. The lowest BCUT2D eigenvalue weighted by Gasteiger charge is -2.29. The van der Waals surface area contributed by atoms with Gasteiger partial charge in [-0.25, -0.2) is 9.78 Å². The molecule has 1 aromatic rings. The van der Waals surface area contributed by atoms with Gasteiger partial charge in [0.2, 0.25) is 0 Å². The van der Waals surface area contributed by atoms with Crippen molar-refractivity contribution < 1.29 is 9.90 Å². The Bertz CT molecular complexity index is 481. The molecule has 0 radical (unpaired) electrons. The molecule has 0 aliphatic heterocycles. The van der Waals surface area contributed by atoms with Crippen LogP contribution in [-0.4, -0.2) is 29.1 Å². The normalized spacial score (nSPS) is 13.7. The highest BCUT2D eigenvalue weighted by Crippen LogP contribution is 2.28. The summed E-state index contributed by atoms with van der Waals surface area (Å²) in [5.74, 6) is -0.253. The molecular weight excluding hydrogens is 240 g/mol. The Hall–Kier alpha value is -1.58. The first-order chi connectivity index (χ1) is 9.08. The van der Waals surface area contributed by atoms with Gasteiger partial charge in [-0.15, -0.1) is 0 Å². The van der Waals surface area contributed by atoms with E-state index in [0.29, 0.717) is 17.4 Å². The van der Waals surface area contributed by atoms with Crippen LogP contribution in [0.2, 0.25) is 0 Å². The molecule has 1 aliphatic rings. The van der Waals surface area contributed by atoms with Crippen LogP contribution in [0.15, 0.2) is 6.07 Å². The minimum absolute atomic E-state index is 0.338. The van der Waals surface area contributed by atoms with Crippen molar-refractivity contribution in [3.63, 3.8) is 0 Å². The average Bonchev–Trinajstić information content (AvgIpc) is 2.85. The number of aromatic nitrogens is 1. The van der Waals surface area contributed by atoms with Gasteiger partial charge in [0, 0.05) is 18.8 Å². The van der Waals surface area contributed by atoms with Crippen LogP contribution in [0, 0.1) is 0 Å². The zero-order valence-electron chi connectivity index (χ0n) is 11.9. The summed E-state index contributed by atoms with van der Waals surface area (Å²) >= 11 is 0. The van der Waals surface area contributed by atoms with E-state index in [1.165, 1.54) is 0 Å². The van der Waals surface area contributed by atoms with E-state index in [1.807, 2.05) is 18.0 Å². The van der Waals surface area contributed by atoms with Crippen LogP contribution in [0.5, 0.6) is 0 Å². The first-order valence-corrected chi connectivity index (χ1v) is 7.07. The number of rotatable bonds is 5. The van der Waals surface area contributed by atoms with E-state index in [0.717, 1.165) is 43.4 Å². The van der Waals surface area contributed by atoms with E-state index in [4.69, 9.17) is 0 Å². The van der Waals surface area contributed by atoms with Crippen molar-refractivity contribution in [1.82, 2.24) is 4.98 Å². The highest BCUT2D eigenvalue weighted by molar-refractivity contribution is 5.93. The predicted octanol–water partition coefficient (Wildman–Crippen LogP) is 2.89. The minimum atomic E-state index is -0.880. The number of carbonyl (C=O) groups is 1. The van der Waals surface area contributed by atoms with Gasteiger partial charge < -0.3 is 10.0 Å². The highest BCUT2D eigenvalue weighted by atomic mass is 16.4. The Labute approximate surface area is 114 Å². The van der Waals surface area contributed by atoms with E-state index in [2.05, 4.69) is 18.8 Å². The summed E-state index contributed by atoms with van der Waals surface area (Å²) in [6.07, 6.45) is 4.99. The van der Waals surface area contributed by atoms with Crippen molar-refractivity contribution in [3.8, 4) is 0 Å². The lowest BCUT2D eigenvalue weighted by atomic mass is 10.1. The molecule has 1 aliphatic carbocycles. The second-order valence-corrected chi connectivity index (χ2v) is 5.21. The predicted molar refractivity (Wildman–Crippen MR) is 76.0 cm³/mol. The second-order valence-electron chi connectivity index (χ2n) is 5.21. The third-order valence-corrected chi connectivity index (χ3v) is 4.09. The molecule has 0 unspecified atom stereocenters. The molecular formula is C15H22N2O2. The second kappa shape index (κ2) is 5.59. The van der Waals surface area contributed by atoms with E-state index in [1.54, 1.807) is 0 Å². The Morgan fingerprint density at radius 1 is 1.42 bits per heavy atom. The van der Waals surface area contributed by atoms with Gasteiger partial charge in [-0.3, -0.25) is 0 Å². The van der Waals surface area contributed by atoms with Crippen molar-refractivity contribution in [3.05, 3.63) is 22.9 Å². The molecule has 0 aromatic carbocycles. The number of carboxylic acid groups (broad SMARTS) is 1. The van der Waals surface area contributed by atoms with Gasteiger partial charge >= 0.3 is 5.97 Å². The lowest BCUT2D eigenvalue weighted by Crippen LogP contribution is -2.32. The minimum Gasteiger partial charge on any atom is -0.478 e. The Morgan fingerprint density at radius 2 is 2.11 bits per heavy atom. The van der Waals surface area contributed by atoms with Crippen LogP contribution in [-0.2, 0) is 12.8 Å². The number of anilines is 1. The van der Waals surface area contributed by atoms with Crippen LogP contribution in [0.1, 0.15) is 54.7 Å². The first-order valence-electron chi connectivity index (χ1n) is 7.07. The summed E-state index contributed by atoms with van der Waals surface area (Å²) in [7, 11) is 1.95. The molecule has 0 saturated heterocycles. The summed E-state index contributed by atoms with van der Waals surface area (Å²) in [6.45, 7) is 4.25. The van der Waals surface area contributed by atoms with Crippen LogP contribution in [0.3, 0.4) is 0 Å². The molecule has 0 atom stereocenters. The average molecular weight is 262 g/mol. The van der Waals surface area contributed by atoms with E-state index < -0.39 is 5.97 Å². The zero-order chi connectivity index (χ0) is 14.0. The largest absolute Gasteiger partial charge is 0.478 e. The quantitative estimate of drug-likeness (QED) is 0.886. The summed E-state index contributed by atoms with van der Waals surface area (Å²) in [5.41, 5.74) is 2.53. The van der Waals surface area contributed by atoms with Crippen molar-refractivity contribution in [2.45, 2.75) is 52.0 Å². The fourth-order valence-corrected chi connectivity index (χ4v) is 2.90. The molecule has 0 spiro atoms. The molecule has 0 saturated carbocycles. The number of hydrogen-bond donors (Lipinski definition) is 1. The lowest BCUT2D eigenvalue weighted by molar-refractivity contribution is 0.0697. The maximum atomic E-state index is 11.5. The smallest absolute Gasteiger partial charge is 0.339 e. The fraction of sp³-hybridized carbons (Fsp3) is 0.600. The molecule has 1 aromatic heterocycles. The summed E-state index contributed by atoms with van der Waals surface area (Å²) < 4.78 is 0. The van der Waals surface area contributed by atoms with E-state index >= 15 is 0 Å². The van der Waals surface area contributed by atoms with Crippen LogP contribution in [0.25, 0.3) is 0 Å². The number of carboxylic acids is 1. The fourth-order valence-electron chi connectivity index (χ4n) is 2.90. The van der Waals surface area contributed by atoms with Crippen molar-refractivity contribution in [2.75, 3.05) is 11.9 Å². The third kappa shape index (κ3) is 2.57. The van der Waals surface area contributed by atoms with Gasteiger partial charge in [0.25, 0.3) is 0 Å². The number of aromatic carboxylic acids is 1. The molecule has 0 bridgehead atoms. The van der Waals surface area contributed by atoms with Gasteiger partial charge in [0.1, 0.15) is 11.4 Å². The molecule has 104 valence electrons. The molecule has 4 nitrogen and oxygen atoms in total. The van der Waals surface area contributed by atoms with E-state index in [9.17, 15) is 9.90 Å². The SMILES string of the molecule is CCC(CC)N(C)c1nc2c(cc1C(=O)O)CCC2. The Morgan fingerprint density at radius 3 is 2.68 bits per heavy atom. The van der Waals surface area contributed by atoms with Crippen LogP contribution in [0.4, 0.5) is 5.82 Å². The maximum absolute atomic E-state index is 11.5. The first kappa shape index (κ1) is 13.8. The number of hydrogen-bond acceptors (Lipinski definition) is 3. The maximum Gasteiger partial charge on any atom is 0.339 e. The molecule has 0 amide bonds. The van der Waals surface area contributed by atoms with Crippen LogP contribution < -0.4 is 4.90 Å². The van der Waals surface area contributed by atoms with Gasteiger partial charge in [0.15, 0.2) is 0 Å². The molecule has 1 N–H and O–H groups in total. The molecule has 0 fully saturated rings. The van der Waals surface area contributed by atoms with Crippen molar-refractivity contribution >= 4 is 11.8 Å². The van der Waals surface area contributed by atoms with Gasteiger partial charge in [0.05, 0.1) is 0 Å². The van der Waals surface area contributed by atoms with Crippen molar-refractivity contribution in [2.24, 2.45) is 0 Å². The summed E-state index contributed by atoms with van der Waals surface area (Å²) in [4.78, 5) is 18.1. The van der Waals surface area contributed by atoms with Crippen molar-refractivity contribution in [1.29, 1.82) is 0 Å². The van der Waals surface area contributed by atoms with Crippen LogP contribution >= 0.6 is 0 Å². The zero-order valence-corrected chi connectivity index (χ0v) is 11.9. The molecule has 1 heterocycles. The summed E-state index contributed by atoms with van der Waals surface area (Å²) in [5, 5.41) is 9.41. The number of aryl methyl sites for hydroxylation is 2. The molecule has 2 rings (SSSR count). The van der Waals surface area contributed by atoms with Gasteiger partial charge in [-0.1, -0.05) is 13.8 Å². The number of pyridine rings is 1. The van der Waals surface area contributed by atoms with E-state index in [-0.39, 0.29) is 0 Å². The topological polar surface area (TPSA) is 53.4 Å². The Balaban J connectivity index is 2.45.